The molecule has 33 heavy (non-hydrogen) atoms. The summed E-state index contributed by atoms with van der Waals surface area (Å²) in [5, 5.41) is 13.6. The van der Waals surface area contributed by atoms with Crippen LogP contribution in [0.1, 0.15) is 45.6 Å². The zero-order valence-corrected chi connectivity index (χ0v) is 20.9. The Labute approximate surface area is 201 Å². The van der Waals surface area contributed by atoms with E-state index in [1.54, 1.807) is 32.9 Å². The highest BCUT2D eigenvalue weighted by Crippen LogP contribution is 2.48. The summed E-state index contributed by atoms with van der Waals surface area (Å²) < 4.78 is 16.1. The number of dihydropyridines is 1. The Morgan fingerprint density at radius 2 is 1.94 bits per heavy atom. The third-order valence-corrected chi connectivity index (χ3v) is 6.53. The number of phenolic OH excluding ortho intramolecular Hbond substituents is 1. The van der Waals surface area contributed by atoms with E-state index in [9.17, 15) is 19.5 Å². The summed E-state index contributed by atoms with van der Waals surface area (Å²) >= 11 is 3.34. The van der Waals surface area contributed by atoms with E-state index >= 15 is 0 Å². The fourth-order valence-corrected chi connectivity index (χ4v) is 4.98. The molecule has 0 saturated carbocycles. The van der Waals surface area contributed by atoms with Gasteiger partial charge in [-0.15, -0.1) is 0 Å². The minimum Gasteiger partial charge on any atom is -0.503 e. The molecule has 1 aromatic carbocycles. The average Bonchev–Trinajstić information content (AvgIpc) is 2.75. The molecule has 8 nitrogen and oxygen atoms in total. The van der Waals surface area contributed by atoms with Gasteiger partial charge in [-0.2, -0.15) is 0 Å². The van der Waals surface area contributed by atoms with Crippen LogP contribution in [0.15, 0.2) is 39.1 Å². The van der Waals surface area contributed by atoms with Crippen molar-refractivity contribution < 1.29 is 33.7 Å². The molecule has 0 amide bonds. The fourth-order valence-electron chi connectivity index (χ4n) is 4.52. The number of carbonyl (C=O) groups excluding carboxylic acids is 3. The molecular weight excluding hydrogens is 494 g/mol. The highest BCUT2D eigenvalue weighted by molar-refractivity contribution is 9.10. The summed E-state index contributed by atoms with van der Waals surface area (Å²) in [5.74, 6) is -3.52. The summed E-state index contributed by atoms with van der Waals surface area (Å²) in [6.07, 6.45) is 0.433. The second-order valence-electron chi connectivity index (χ2n) is 8.04. The van der Waals surface area contributed by atoms with E-state index in [2.05, 4.69) is 21.2 Å². The van der Waals surface area contributed by atoms with Crippen LogP contribution in [-0.4, -0.2) is 43.2 Å². The highest BCUT2D eigenvalue weighted by atomic mass is 79.9. The van der Waals surface area contributed by atoms with Crippen molar-refractivity contribution in [2.75, 3.05) is 20.3 Å². The van der Waals surface area contributed by atoms with Gasteiger partial charge in [-0.3, -0.25) is 9.59 Å². The molecule has 0 saturated heterocycles. The molecule has 1 aromatic rings. The summed E-state index contributed by atoms with van der Waals surface area (Å²) in [4.78, 5) is 39.2. The predicted octanol–water partition coefficient (Wildman–Crippen LogP) is 3.73. The van der Waals surface area contributed by atoms with Gasteiger partial charge in [0.1, 0.15) is 5.92 Å². The Balaban J connectivity index is 2.26. The van der Waals surface area contributed by atoms with E-state index in [0.717, 1.165) is 0 Å². The standard InChI is InChI=1S/C24H28BrNO7/c1-6-32-16-10-13(9-14(25)21(16)27)19-18(24(30)33-7-2)12(4)26-15-8-11(3)17(23(29)31-5)22(28)20(15)19/h9-11,17,19,26-27H,6-8H2,1-5H3/t11-,17-,19-/m0/s1. The third-order valence-electron chi connectivity index (χ3n) is 5.92. The highest BCUT2D eigenvalue weighted by Gasteiger charge is 2.47. The lowest BCUT2D eigenvalue weighted by atomic mass is 9.69. The average molecular weight is 522 g/mol. The number of esters is 2. The van der Waals surface area contributed by atoms with Crippen molar-refractivity contribution in [3.05, 3.63) is 44.7 Å². The Hall–Kier alpha value is -2.81. The smallest absolute Gasteiger partial charge is 0.336 e. The van der Waals surface area contributed by atoms with Gasteiger partial charge in [-0.1, -0.05) is 6.92 Å². The molecule has 9 heteroatoms. The van der Waals surface area contributed by atoms with Crippen LogP contribution in [0.5, 0.6) is 11.5 Å². The number of carbonyl (C=O) groups is 3. The summed E-state index contributed by atoms with van der Waals surface area (Å²) in [6.45, 7) is 7.53. The Kier molecular flexibility index (Phi) is 7.51. The number of phenols is 1. The number of hydrogen-bond donors (Lipinski definition) is 2. The van der Waals surface area contributed by atoms with Crippen molar-refractivity contribution in [3.63, 3.8) is 0 Å². The lowest BCUT2D eigenvalue weighted by Crippen LogP contribution is -2.43. The number of nitrogens with one attached hydrogen (secondary N) is 1. The molecule has 0 fully saturated rings. The Bertz CT molecular complexity index is 1060. The maximum atomic E-state index is 13.7. The van der Waals surface area contributed by atoms with Crippen LogP contribution in [0.3, 0.4) is 0 Å². The largest absolute Gasteiger partial charge is 0.503 e. The van der Waals surface area contributed by atoms with Gasteiger partial charge in [0.15, 0.2) is 17.3 Å². The van der Waals surface area contributed by atoms with Gasteiger partial charge >= 0.3 is 11.9 Å². The van der Waals surface area contributed by atoms with E-state index in [0.29, 0.717) is 40.0 Å². The molecule has 3 rings (SSSR count). The van der Waals surface area contributed by atoms with E-state index in [1.807, 2.05) is 6.92 Å². The molecule has 1 heterocycles. The van der Waals surface area contributed by atoms with E-state index in [1.165, 1.54) is 7.11 Å². The van der Waals surface area contributed by atoms with Crippen molar-refractivity contribution in [1.29, 1.82) is 0 Å². The molecule has 0 bridgehead atoms. The van der Waals surface area contributed by atoms with Crippen LogP contribution in [0, 0.1) is 11.8 Å². The number of benzene rings is 1. The first-order chi connectivity index (χ1) is 15.7. The third kappa shape index (κ3) is 4.51. The van der Waals surface area contributed by atoms with Crippen molar-refractivity contribution in [2.45, 2.75) is 40.0 Å². The first kappa shape index (κ1) is 24.8. The van der Waals surface area contributed by atoms with Crippen LogP contribution in [-0.2, 0) is 23.9 Å². The molecule has 2 N–H and O–H groups in total. The minimum atomic E-state index is -0.980. The van der Waals surface area contributed by atoms with Gasteiger partial charge in [0.2, 0.25) is 0 Å². The van der Waals surface area contributed by atoms with Gasteiger partial charge in [0, 0.05) is 22.9 Å². The zero-order chi connectivity index (χ0) is 24.4. The topological polar surface area (TPSA) is 111 Å². The molecule has 0 spiro atoms. The molecule has 0 unspecified atom stereocenters. The van der Waals surface area contributed by atoms with E-state index in [4.69, 9.17) is 14.2 Å². The molecule has 2 aliphatic rings. The first-order valence-corrected chi connectivity index (χ1v) is 11.6. The number of Topliss-reactive ketones (excluding diaryl/α,β-unsaturated/α-hetero) is 1. The zero-order valence-electron chi connectivity index (χ0n) is 19.3. The van der Waals surface area contributed by atoms with Gasteiger partial charge in [0.05, 0.1) is 30.4 Å². The molecule has 178 valence electrons. The molecule has 1 aliphatic carbocycles. The number of aromatic hydroxyl groups is 1. The molecule has 1 aliphatic heterocycles. The maximum Gasteiger partial charge on any atom is 0.336 e. The number of halogens is 1. The second kappa shape index (κ2) is 9.99. The maximum absolute atomic E-state index is 13.7. The molecule has 0 radical (unpaired) electrons. The predicted molar refractivity (Wildman–Crippen MR) is 124 cm³/mol. The summed E-state index contributed by atoms with van der Waals surface area (Å²) in [6, 6.07) is 3.25. The number of ketones is 1. The monoisotopic (exact) mass is 521 g/mol. The van der Waals surface area contributed by atoms with Gasteiger partial charge in [0.25, 0.3) is 0 Å². The number of rotatable bonds is 6. The van der Waals surface area contributed by atoms with Crippen LogP contribution >= 0.6 is 15.9 Å². The number of methoxy groups -OCH3 is 1. The molecule has 3 atom stereocenters. The number of allylic oxidation sites excluding steroid dienone is 3. The van der Waals surface area contributed by atoms with Crippen LogP contribution < -0.4 is 10.1 Å². The molecular formula is C24H28BrNO7. The Morgan fingerprint density at radius 3 is 2.55 bits per heavy atom. The van der Waals surface area contributed by atoms with Crippen LogP contribution in [0.4, 0.5) is 0 Å². The first-order valence-electron chi connectivity index (χ1n) is 10.8. The van der Waals surface area contributed by atoms with E-state index in [-0.39, 0.29) is 29.6 Å². The quantitative estimate of drug-likeness (QED) is 0.430. The van der Waals surface area contributed by atoms with Gasteiger partial charge in [-0.05, 0) is 66.7 Å². The number of hydrogen-bond acceptors (Lipinski definition) is 8. The SMILES string of the molecule is CCOC(=O)C1=C(C)NC2=C(C(=O)[C@@H](C(=O)OC)[C@@H](C)C2)[C@H]1c1cc(Br)c(O)c(OCC)c1. The number of ether oxygens (including phenoxy) is 3. The Morgan fingerprint density at radius 1 is 1.24 bits per heavy atom. The summed E-state index contributed by atoms with van der Waals surface area (Å²) in [7, 11) is 1.25. The van der Waals surface area contributed by atoms with E-state index < -0.39 is 29.6 Å². The van der Waals surface area contributed by atoms with Crippen LogP contribution in [0.25, 0.3) is 0 Å². The lowest BCUT2D eigenvalue weighted by Gasteiger charge is -2.38. The van der Waals surface area contributed by atoms with Crippen molar-refractivity contribution in [1.82, 2.24) is 5.32 Å². The lowest BCUT2D eigenvalue weighted by molar-refractivity contribution is -0.151. The van der Waals surface area contributed by atoms with Crippen molar-refractivity contribution >= 4 is 33.7 Å². The summed E-state index contributed by atoms with van der Waals surface area (Å²) in [5.41, 5.74) is 2.35. The van der Waals surface area contributed by atoms with Gasteiger partial charge in [-0.25, -0.2) is 4.79 Å². The normalized spacial score (nSPS) is 22.5. The second-order valence-corrected chi connectivity index (χ2v) is 8.89. The van der Waals surface area contributed by atoms with Crippen molar-refractivity contribution in [2.24, 2.45) is 11.8 Å². The van der Waals surface area contributed by atoms with Crippen LogP contribution in [0.2, 0.25) is 0 Å². The minimum absolute atomic E-state index is 0.0850. The fraction of sp³-hybridized carbons (Fsp3) is 0.458. The van der Waals surface area contributed by atoms with Crippen molar-refractivity contribution in [3.8, 4) is 11.5 Å². The van der Waals surface area contributed by atoms with Gasteiger partial charge < -0.3 is 24.6 Å². The molecule has 0 aromatic heterocycles.